The van der Waals surface area contributed by atoms with Gasteiger partial charge in [0.25, 0.3) is 0 Å². The number of aliphatic carboxylic acids is 1. The first kappa shape index (κ1) is 15.5. The van der Waals surface area contributed by atoms with E-state index in [1.54, 1.807) is 0 Å². The number of hydrogen-bond acceptors (Lipinski definition) is 4. The van der Waals surface area contributed by atoms with Gasteiger partial charge in [-0.3, -0.25) is 4.79 Å². The zero-order valence-electron chi connectivity index (χ0n) is 9.67. The molecule has 0 radical (unpaired) electrons. The summed E-state index contributed by atoms with van der Waals surface area (Å²) in [7, 11) is -4.75. The van der Waals surface area contributed by atoms with Crippen molar-refractivity contribution in [3.8, 4) is 0 Å². The Kier molecular flexibility index (Phi) is 4.56. The molecule has 2 atom stereocenters. The minimum atomic E-state index is -4.75. The molecule has 0 spiro atoms. The topological polar surface area (TPSA) is 104 Å². The molecule has 1 aromatic carbocycles. The maximum absolute atomic E-state index is 13.3. The summed E-state index contributed by atoms with van der Waals surface area (Å²) >= 11 is 0. The number of carboxylic acid groups (broad SMARTS) is 1. The van der Waals surface area contributed by atoms with Gasteiger partial charge in [0.1, 0.15) is 17.7 Å². The van der Waals surface area contributed by atoms with Crippen LogP contribution in [0.4, 0.5) is 8.78 Å². The number of aliphatic hydroxyl groups excluding tert-OH is 1. The predicted octanol–water partition coefficient (Wildman–Crippen LogP) is 0.0771. The molecular weight excluding hydrogens is 284 g/mol. The molecule has 1 aromatic rings. The van der Waals surface area contributed by atoms with E-state index >= 15 is 0 Å². The molecule has 0 saturated carbocycles. The lowest BCUT2D eigenvalue weighted by molar-refractivity contribution is -0.141. The predicted molar refractivity (Wildman–Crippen MR) is 59.8 cm³/mol. The average Bonchev–Trinajstić information content (AvgIpc) is 2.24. The normalized spacial score (nSPS) is 14.9. The minimum absolute atomic E-state index is 0.718. The molecule has 0 bridgehead atoms. The van der Waals surface area contributed by atoms with Gasteiger partial charge in [-0.1, -0.05) is 6.07 Å². The Labute approximate surface area is 107 Å². The molecule has 0 aliphatic carbocycles. The molecule has 2 unspecified atom stereocenters. The van der Waals surface area contributed by atoms with Crippen LogP contribution in [0.5, 0.6) is 0 Å². The Hall–Kier alpha value is -1.58. The Balaban J connectivity index is 3.22. The van der Waals surface area contributed by atoms with Crippen molar-refractivity contribution in [3.63, 3.8) is 0 Å². The van der Waals surface area contributed by atoms with E-state index in [4.69, 9.17) is 10.2 Å². The zero-order valence-corrected chi connectivity index (χ0v) is 10.5. The lowest BCUT2D eigenvalue weighted by Crippen LogP contribution is -2.47. The number of aliphatic hydroxyl groups is 1. The standard InChI is InChI=1S/C10H11F2NO5S/c1-5(14)8(10(15)16)13-19(17,18)9-6(11)3-2-4-7(9)12/h2-5,8,13-14H,1H3,(H,15,16). The molecule has 0 saturated heterocycles. The van der Waals surface area contributed by atoms with Gasteiger partial charge in [0.15, 0.2) is 4.90 Å². The number of carbonyl (C=O) groups is 1. The van der Waals surface area contributed by atoms with Gasteiger partial charge in [-0.05, 0) is 19.1 Å². The molecule has 9 heteroatoms. The van der Waals surface area contributed by atoms with Crippen LogP contribution in [-0.2, 0) is 14.8 Å². The van der Waals surface area contributed by atoms with Crippen LogP contribution < -0.4 is 4.72 Å². The van der Waals surface area contributed by atoms with E-state index in [1.165, 1.54) is 4.72 Å². The van der Waals surface area contributed by atoms with E-state index in [-0.39, 0.29) is 0 Å². The van der Waals surface area contributed by atoms with Crippen molar-refractivity contribution in [1.82, 2.24) is 4.72 Å². The van der Waals surface area contributed by atoms with Gasteiger partial charge in [0.05, 0.1) is 6.10 Å². The van der Waals surface area contributed by atoms with E-state index in [1.807, 2.05) is 0 Å². The SMILES string of the molecule is CC(O)C(NS(=O)(=O)c1c(F)cccc1F)C(=O)O. The number of nitrogens with one attached hydrogen (secondary N) is 1. The van der Waals surface area contributed by atoms with Gasteiger partial charge >= 0.3 is 5.97 Å². The van der Waals surface area contributed by atoms with Crippen molar-refractivity contribution < 1.29 is 32.2 Å². The van der Waals surface area contributed by atoms with Crippen LogP contribution in [0.3, 0.4) is 0 Å². The molecule has 0 aliphatic heterocycles. The van der Waals surface area contributed by atoms with Crippen LogP contribution in [0.2, 0.25) is 0 Å². The van der Waals surface area contributed by atoms with E-state index in [0.717, 1.165) is 25.1 Å². The van der Waals surface area contributed by atoms with Gasteiger partial charge < -0.3 is 10.2 Å². The highest BCUT2D eigenvalue weighted by molar-refractivity contribution is 7.89. The van der Waals surface area contributed by atoms with Crippen LogP contribution in [0.1, 0.15) is 6.92 Å². The summed E-state index contributed by atoms with van der Waals surface area (Å²) in [6, 6.07) is 0.488. The molecule has 1 rings (SSSR count). The van der Waals surface area contributed by atoms with Crippen molar-refractivity contribution >= 4 is 16.0 Å². The Morgan fingerprint density at radius 2 is 1.79 bits per heavy atom. The van der Waals surface area contributed by atoms with Gasteiger partial charge in [0.2, 0.25) is 10.0 Å². The number of benzene rings is 1. The fourth-order valence-corrected chi connectivity index (χ4v) is 2.72. The van der Waals surface area contributed by atoms with Gasteiger partial charge in [-0.15, -0.1) is 0 Å². The van der Waals surface area contributed by atoms with Crippen LogP contribution in [0.15, 0.2) is 23.1 Å². The lowest BCUT2D eigenvalue weighted by atomic mass is 10.2. The first-order chi connectivity index (χ1) is 8.66. The molecule has 6 nitrogen and oxygen atoms in total. The van der Waals surface area contributed by atoms with Crippen LogP contribution >= 0.6 is 0 Å². The van der Waals surface area contributed by atoms with Crippen molar-refractivity contribution in [2.45, 2.75) is 24.0 Å². The second-order valence-electron chi connectivity index (χ2n) is 3.73. The minimum Gasteiger partial charge on any atom is -0.480 e. The summed E-state index contributed by atoms with van der Waals surface area (Å²) in [5, 5.41) is 17.9. The molecule has 0 amide bonds. The molecular formula is C10H11F2NO5S. The number of carboxylic acids is 1. The molecule has 0 aliphatic rings. The maximum Gasteiger partial charge on any atom is 0.324 e. The first-order valence-electron chi connectivity index (χ1n) is 5.04. The summed E-state index contributed by atoms with van der Waals surface area (Å²) < 4.78 is 51.6. The summed E-state index contributed by atoms with van der Waals surface area (Å²) in [5.74, 6) is -4.39. The largest absolute Gasteiger partial charge is 0.480 e. The third kappa shape index (κ3) is 3.46. The number of rotatable bonds is 5. The highest BCUT2D eigenvalue weighted by Crippen LogP contribution is 2.18. The van der Waals surface area contributed by atoms with Crippen LogP contribution in [-0.4, -0.2) is 36.7 Å². The van der Waals surface area contributed by atoms with Crippen molar-refractivity contribution in [3.05, 3.63) is 29.8 Å². The quantitative estimate of drug-likeness (QED) is 0.713. The first-order valence-corrected chi connectivity index (χ1v) is 6.52. The van der Waals surface area contributed by atoms with E-state index in [2.05, 4.69) is 0 Å². The van der Waals surface area contributed by atoms with E-state index in [9.17, 15) is 22.0 Å². The molecule has 0 heterocycles. The summed E-state index contributed by atoms with van der Waals surface area (Å²) in [5.41, 5.74) is 0. The fourth-order valence-electron chi connectivity index (χ4n) is 1.32. The van der Waals surface area contributed by atoms with Crippen molar-refractivity contribution in [2.75, 3.05) is 0 Å². The Bertz CT molecular complexity index is 567. The molecule has 0 aromatic heterocycles. The molecule has 19 heavy (non-hydrogen) atoms. The van der Waals surface area contributed by atoms with E-state index < -0.39 is 44.7 Å². The number of hydrogen-bond donors (Lipinski definition) is 3. The van der Waals surface area contributed by atoms with Crippen molar-refractivity contribution in [1.29, 1.82) is 0 Å². The summed E-state index contributed by atoms with van der Waals surface area (Å²) in [6.45, 7) is 1.03. The Morgan fingerprint density at radius 3 is 2.16 bits per heavy atom. The molecule has 106 valence electrons. The monoisotopic (exact) mass is 295 g/mol. The van der Waals surface area contributed by atoms with Gasteiger partial charge in [-0.25, -0.2) is 17.2 Å². The van der Waals surface area contributed by atoms with E-state index in [0.29, 0.717) is 0 Å². The highest BCUT2D eigenvalue weighted by Gasteiger charge is 2.32. The lowest BCUT2D eigenvalue weighted by Gasteiger charge is -2.17. The summed E-state index contributed by atoms with van der Waals surface area (Å²) in [4.78, 5) is 9.46. The third-order valence-electron chi connectivity index (χ3n) is 2.22. The second kappa shape index (κ2) is 5.59. The molecule has 0 fully saturated rings. The average molecular weight is 295 g/mol. The smallest absolute Gasteiger partial charge is 0.324 e. The van der Waals surface area contributed by atoms with Gasteiger partial charge in [0, 0.05) is 0 Å². The van der Waals surface area contributed by atoms with Crippen LogP contribution in [0, 0.1) is 11.6 Å². The highest BCUT2D eigenvalue weighted by atomic mass is 32.2. The van der Waals surface area contributed by atoms with Crippen molar-refractivity contribution in [2.24, 2.45) is 0 Å². The fraction of sp³-hybridized carbons (Fsp3) is 0.300. The zero-order chi connectivity index (χ0) is 14.8. The second-order valence-corrected chi connectivity index (χ2v) is 5.38. The summed E-state index contributed by atoms with van der Waals surface area (Å²) in [6.07, 6.45) is -1.58. The maximum atomic E-state index is 13.3. The third-order valence-corrected chi connectivity index (χ3v) is 3.71. The number of halogens is 2. The number of sulfonamides is 1. The van der Waals surface area contributed by atoms with Crippen LogP contribution in [0.25, 0.3) is 0 Å². The van der Waals surface area contributed by atoms with Gasteiger partial charge in [-0.2, -0.15) is 4.72 Å². The Morgan fingerprint density at radius 1 is 1.32 bits per heavy atom. The molecule has 3 N–H and O–H groups in total.